The highest BCUT2D eigenvalue weighted by Crippen LogP contribution is 2.35. The van der Waals surface area contributed by atoms with E-state index >= 15 is 0 Å². The number of methoxy groups -OCH3 is 3. The molecule has 4 aromatic rings. The van der Waals surface area contributed by atoms with Gasteiger partial charge in [-0.2, -0.15) is 0 Å². The summed E-state index contributed by atoms with van der Waals surface area (Å²) in [6.07, 6.45) is 0. The minimum atomic E-state index is -1.60. The second-order valence-electron chi connectivity index (χ2n) is 8.43. The average molecular weight is 546 g/mol. The smallest absolute Gasteiger partial charge is 0.251 e. The third-order valence-electron chi connectivity index (χ3n) is 5.93. The summed E-state index contributed by atoms with van der Waals surface area (Å²) < 4.78 is 32.6. The average Bonchev–Trinajstić information content (AvgIpc) is 2.99. The largest absolute Gasteiger partial charge is 0.588 e. The Bertz CT molecular complexity index is 1410. The summed E-state index contributed by atoms with van der Waals surface area (Å²) in [5, 5.41) is 6.16. The predicted octanol–water partition coefficient (Wildman–Crippen LogP) is 5.36. The summed E-state index contributed by atoms with van der Waals surface area (Å²) in [4.78, 5) is 12.9. The molecule has 0 aliphatic heterocycles. The van der Waals surface area contributed by atoms with Crippen molar-refractivity contribution in [1.29, 1.82) is 0 Å². The van der Waals surface area contributed by atoms with E-state index in [1.165, 1.54) is 0 Å². The van der Waals surface area contributed by atoms with Gasteiger partial charge in [-0.15, -0.1) is 0 Å². The van der Waals surface area contributed by atoms with Crippen LogP contribution in [0.3, 0.4) is 0 Å². The Kier molecular flexibility index (Phi) is 9.55. The molecule has 1 atom stereocenters. The van der Waals surface area contributed by atoms with E-state index in [1.807, 2.05) is 60.7 Å². The van der Waals surface area contributed by atoms with Crippen LogP contribution < -0.4 is 29.6 Å². The van der Waals surface area contributed by atoms with Gasteiger partial charge in [0.05, 0.1) is 27.0 Å². The van der Waals surface area contributed by atoms with Crippen molar-refractivity contribution in [3.8, 4) is 28.4 Å². The monoisotopic (exact) mass is 545 g/mol. The fraction of sp³-hybridized carbons (Fsp3) is 0.167. The maximum Gasteiger partial charge on any atom is 0.251 e. The molecule has 0 bridgehead atoms. The van der Waals surface area contributed by atoms with Gasteiger partial charge in [0.25, 0.3) is 5.91 Å². The first-order valence-electron chi connectivity index (χ1n) is 12.3. The van der Waals surface area contributed by atoms with Crippen molar-refractivity contribution >= 4 is 28.6 Å². The number of nitrogens with one attached hydrogen (secondary N) is 3. The molecule has 0 aliphatic rings. The molecular formula is C30H31N3O5S. The van der Waals surface area contributed by atoms with E-state index in [-0.39, 0.29) is 5.91 Å². The second-order valence-corrected chi connectivity index (χ2v) is 9.61. The Morgan fingerprint density at radius 2 is 1.54 bits per heavy atom. The van der Waals surface area contributed by atoms with Crippen molar-refractivity contribution < 1.29 is 23.6 Å². The Morgan fingerprint density at radius 1 is 0.769 bits per heavy atom. The van der Waals surface area contributed by atoms with Crippen molar-refractivity contribution in [2.75, 3.05) is 44.5 Å². The topological polar surface area (TPSA) is 104 Å². The molecule has 4 aromatic carbocycles. The Hall–Kier alpha value is -4.34. The second kappa shape index (κ2) is 13.5. The van der Waals surface area contributed by atoms with Gasteiger partial charge in [-0.1, -0.05) is 36.4 Å². The Morgan fingerprint density at radius 3 is 2.33 bits per heavy atom. The first-order valence-corrected chi connectivity index (χ1v) is 13.4. The summed E-state index contributed by atoms with van der Waals surface area (Å²) >= 11 is -1.60. The van der Waals surface area contributed by atoms with Crippen molar-refractivity contribution in [3.05, 3.63) is 96.6 Å². The minimum Gasteiger partial charge on any atom is -0.588 e. The zero-order valence-corrected chi connectivity index (χ0v) is 22.8. The number of carbonyl (C=O) groups is 1. The number of anilines is 2. The van der Waals surface area contributed by atoms with Gasteiger partial charge in [-0.05, 0) is 54.1 Å². The molecular weight excluding hydrogens is 514 g/mol. The lowest BCUT2D eigenvalue weighted by atomic mass is 10.0. The SMILES string of the molecule is COc1cccc(C(=O)NCCNc2cccc(N[S+]([O-])c3cc(-c4ccccc4OC)ccc3OC)c2)c1. The van der Waals surface area contributed by atoms with Crippen LogP contribution in [0.15, 0.2) is 95.9 Å². The van der Waals surface area contributed by atoms with E-state index < -0.39 is 11.4 Å². The predicted molar refractivity (Wildman–Crippen MR) is 155 cm³/mol. The molecule has 0 saturated heterocycles. The number of benzene rings is 4. The van der Waals surface area contributed by atoms with Crippen LogP contribution in [0.1, 0.15) is 10.4 Å². The molecule has 1 amide bonds. The number of rotatable bonds is 12. The molecule has 8 nitrogen and oxygen atoms in total. The van der Waals surface area contributed by atoms with E-state index in [4.69, 9.17) is 14.2 Å². The Labute approximate surface area is 231 Å². The van der Waals surface area contributed by atoms with Crippen LogP contribution in [0.4, 0.5) is 11.4 Å². The highest BCUT2D eigenvalue weighted by Gasteiger charge is 2.20. The van der Waals surface area contributed by atoms with Crippen LogP contribution in [0.5, 0.6) is 17.2 Å². The number of ether oxygens (including phenoxy) is 3. The highest BCUT2D eigenvalue weighted by atomic mass is 32.2. The standard InChI is InChI=1S/C30H31N3O5S/c1-36-25-11-6-8-22(18-25)30(34)32-17-16-31-23-9-7-10-24(20-23)33-39(35)29-19-21(14-15-28(29)38-3)26-12-4-5-13-27(26)37-2/h4-15,18-20,31,33H,16-17H2,1-3H3,(H,32,34). The molecule has 3 N–H and O–H groups in total. The van der Waals surface area contributed by atoms with Gasteiger partial charge in [-0.3, -0.25) is 4.79 Å². The summed E-state index contributed by atoms with van der Waals surface area (Å²) in [6.45, 7) is 0.934. The number of amides is 1. The van der Waals surface area contributed by atoms with Crippen molar-refractivity contribution in [2.24, 2.45) is 0 Å². The van der Waals surface area contributed by atoms with Crippen LogP contribution >= 0.6 is 0 Å². The molecule has 0 spiro atoms. The molecule has 39 heavy (non-hydrogen) atoms. The summed E-state index contributed by atoms with van der Waals surface area (Å²) in [5.74, 6) is 1.70. The molecule has 0 heterocycles. The van der Waals surface area contributed by atoms with Gasteiger partial charge >= 0.3 is 0 Å². The molecule has 202 valence electrons. The zero-order valence-electron chi connectivity index (χ0n) is 22.0. The summed E-state index contributed by atoms with van der Waals surface area (Å²) in [6, 6.07) is 27.7. The lowest BCUT2D eigenvalue weighted by Crippen LogP contribution is -2.28. The molecule has 0 fully saturated rings. The number of para-hydroxylation sites is 1. The molecule has 0 aliphatic carbocycles. The lowest BCUT2D eigenvalue weighted by molar-refractivity contribution is 0.0955. The highest BCUT2D eigenvalue weighted by molar-refractivity contribution is 7.92. The quantitative estimate of drug-likeness (QED) is 0.163. The van der Waals surface area contributed by atoms with E-state index in [0.717, 1.165) is 22.6 Å². The molecule has 4 rings (SSSR count). The maximum absolute atomic E-state index is 13.4. The van der Waals surface area contributed by atoms with Gasteiger partial charge in [0.1, 0.15) is 22.9 Å². The summed E-state index contributed by atoms with van der Waals surface area (Å²) in [5.41, 5.74) is 3.79. The minimum absolute atomic E-state index is 0.175. The molecule has 0 saturated carbocycles. The molecule has 1 unspecified atom stereocenters. The fourth-order valence-electron chi connectivity index (χ4n) is 3.98. The van der Waals surface area contributed by atoms with Crippen LogP contribution in [0.25, 0.3) is 11.1 Å². The molecule has 0 radical (unpaired) electrons. The number of carbonyl (C=O) groups excluding carboxylic acids is 1. The third kappa shape index (κ3) is 7.16. The third-order valence-corrected chi connectivity index (χ3v) is 7.07. The van der Waals surface area contributed by atoms with Gasteiger partial charge in [0.15, 0.2) is 5.75 Å². The van der Waals surface area contributed by atoms with E-state index in [0.29, 0.717) is 40.7 Å². The van der Waals surface area contributed by atoms with Gasteiger partial charge in [0, 0.05) is 36.0 Å². The van der Waals surface area contributed by atoms with Crippen LogP contribution in [0, 0.1) is 0 Å². The lowest BCUT2D eigenvalue weighted by Gasteiger charge is -2.16. The summed E-state index contributed by atoms with van der Waals surface area (Å²) in [7, 11) is 4.74. The van der Waals surface area contributed by atoms with Crippen molar-refractivity contribution in [2.45, 2.75) is 4.90 Å². The van der Waals surface area contributed by atoms with Gasteiger partial charge in [0.2, 0.25) is 4.90 Å². The molecule has 0 aromatic heterocycles. The Balaban J connectivity index is 1.38. The number of hydrogen-bond donors (Lipinski definition) is 3. The van der Waals surface area contributed by atoms with E-state index in [2.05, 4.69) is 15.4 Å². The van der Waals surface area contributed by atoms with Gasteiger partial charge < -0.3 is 29.4 Å². The number of hydrogen-bond acceptors (Lipinski definition) is 7. The van der Waals surface area contributed by atoms with Crippen molar-refractivity contribution in [3.63, 3.8) is 0 Å². The molecule has 9 heteroatoms. The van der Waals surface area contributed by atoms with Crippen LogP contribution in [0.2, 0.25) is 0 Å². The van der Waals surface area contributed by atoms with Gasteiger partial charge in [-0.25, -0.2) is 4.72 Å². The normalized spacial score (nSPS) is 11.3. The first-order chi connectivity index (χ1) is 19.0. The van der Waals surface area contributed by atoms with Crippen LogP contribution in [-0.2, 0) is 11.4 Å². The maximum atomic E-state index is 13.4. The van der Waals surface area contributed by atoms with Crippen LogP contribution in [-0.4, -0.2) is 44.9 Å². The zero-order chi connectivity index (χ0) is 27.6. The van der Waals surface area contributed by atoms with E-state index in [9.17, 15) is 9.35 Å². The van der Waals surface area contributed by atoms with E-state index in [1.54, 1.807) is 51.7 Å². The van der Waals surface area contributed by atoms with Crippen molar-refractivity contribution in [1.82, 2.24) is 5.32 Å². The first kappa shape index (κ1) is 27.7. The fourth-order valence-corrected chi connectivity index (χ4v) is 5.00.